The molecule has 0 spiro atoms. The van der Waals surface area contributed by atoms with Gasteiger partial charge in [0.2, 0.25) is 0 Å². The van der Waals surface area contributed by atoms with Gasteiger partial charge in [-0.15, -0.1) is 0 Å². The van der Waals surface area contributed by atoms with Gasteiger partial charge in [-0.2, -0.15) is 5.26 Å². The Balaban J connectivity index is 2.26. The van der Waals surface area contributed by atoms with Crippen LogP contribution in [0.3, 0.4) is 0 Å². The third-order valence-electron chi connectivity index (χ3n) is 2.46. The van der Waals surface area contributed by atoms with Crippen LogP contribution in [0.4, 0.5) is 0 Å². The largest absolute Gasteiger partial charge is 0.440 e. The fourth-order valence-electron chi connectivity index (χ4n) is 1.56. The predicted molar refractivity (Wildman–Crippen MR) is 68.9 cm³/mol. The van der Waals surface area contributed by atoms with Crippen LogP contribution in [-0.4, -0.2) is 22.8 Å². The number of aryl methyl sites for hydroxylation is 1. The molecule has 0 aliphatic carbocycles. The summed E-state index contributed by atoms with van der Waals surface area (Å²) in [6.07, 6.45) is 3.45. The molecule has 0 saturated carbocycles. The lowest BCUT2D eigenvalue weighted by Crippen LogP contribution is -2.40. The van der Waals surface area contributed by atoms with Crippen molar-refractivity contribution in [1.82, 2.24) is 10.3 Å². The fourth-order valence-corrected chi connectivity index (χ4v) is 2.35. The number of oxazole rings is 1. The van der Waals surface area contributed by atoms with Crippen LogP contribution in [0, 0.1) is 18.3 Å². The number of hydrogen-bond donors (Lipinski definition) is 1. The fraction of sp³-hybridized carbons (Fsp3) is 0.667. The molecule has 0 aliphatic heterocycles. The lowest BCUT2D eigenvalue weighted by molar-refractivity contribution is 0.425. The van der Waals surface area contributed by atoms with Crippen molar-refractivity contribution in [3.05, 3.63) is 12.0 Å². The van der Waals surface area contributed by atoms with E-state index >= 15 is 0 Å². The number of nitrogens with one attached hydrogen (secondary N) is 1. The van der Waals surface area contributed by atoms with Crippen molar-refractivity contribution in [2.24, 2.45) is 0 Å². The second-order valence-electron chi connectivity index (χ2n) is 4.18. The summed E-state index contributed by atoms with van der Waals surface area (Å²) in [4.78, 5) is 4.22. The predicted octanol–water partition coefficient (Wildman–Crippen LogP) is 2.75. The maximum atomic E-state index is 9.09. The molecule has 94 valence electrons. The van der Waals surface area contributed by atoms with Gasteiger partial charge >= 0.3 is 0 Å². The van der Waals surface area contributed by atoms with Gasteiger partial charge in [-0.25, -0.2) is 4.98 Å². The molecular weight excluding hydrogens is 234 g/mol. The molecule has 1 heterocycles. The Labute approximate surface area is 107 Å². The van der Waals surface area contributed by atoms with Crippen LogP contribution in [0.15, 0.2) is 15.9 Å². The van der Waals surface area contributed by atoms with Crippen LogP contribution in [0.5, 0.6) is 0 Å². The number of nitrogens with zero attached hydrogens (tertiary/aromatic N) is 2. The SMILES string of the molecule is CCNC(C)(C#N)CCCSc1nc(C)co1. The molecule has 0 bridgehead atoms. The van der Waals surface area contributed by atoms with Gasteiger partial charge in [-0.1, -0.05) is 18.7 Å². The minimum atomic E-state index is -0.415. The summed E-state index contributed by atoms with van der Waals surface area (Å²) in [6.45, 7) is 6.68. The van der Waals surface area contributed by atoms with Gasteiger partial charge in [0, 0.05) is 5.75 Å². The molecule has 1 aromatic heterocycles. The molecule has 1 atom stereocenters. The molecule has 1 rings (SSSR count). The highest BCUT2D eigenvalue weighted by atomic mass is 32.2. The zero-order chi connectivity index (χ0) is 12.7. The van der Waals surface area contributed by atoms with Crippen molar-refractivity contribution < 1.29 is 4.42 Å². The zero-order valence-electron chi connectivity index (χ0n) is 10.6. The zero-order valence-corrected chi connectivity index (χ0v) is 11.4. The van der Waals surface area contributed by atoms with Crippen molar-refractivity contribution >= 4 is 11.8 Å². The second kappa shape index (κ2) is 6.67. The van der Waals surface area contributed by atoms with Crippen molar-refractivity contribution in [2.45, 2.75) is 44.4 Å². The Hall–Kier alpha value is -0.990. The Morgan fingerprint density at radius 3 is 2.94 bits per heavy atom. The Kier molecular flexibility index (Phi) is 5.52. The van der Waals surface area contributed by atoms with Crippen molar-refractivity contribution in [3.8, 4) is 6.07 Å². The van der Waals surface area contributed by atoms with E-state index in [-0.39, 0.29) is 0 Å². The van der Waals surface area contributed by atoms with Crippen LogP contribution in [0.2, 0.25) is 0 Å². The standard InChI is InChI=1S/C12H19N3OS/c1-4-14-12(3,9-13)6-5-7-17-11-15-10(2)8-16-11/h8,14H,4-7H2,1-3H3. The molecule has 4 nitrogen and oxygen atoms in total. The van der Waals surface area contributed by atoms with E-state index in [0.29, 0.717) is 5.22 Å². The van der Waals surface area contributed by atoms with Crippen molar-refractivity contribution in [1.29, 1.82) is 5.26 Å². The van der Waals surface area contributed by atoms with Gasteiger partial charge in [0.15, 0.2) is 0 Å². The van der Waals surface area contributed by atoms with Crippen LogP contribution in [0.1, 0.15) is 32.4 Å². The van der Waals surface area contributed by atoms with E-state index in [9.17, 15) is 0 Å². The average molecular weight is 253 g/mol. The van der Waals surface area contributed by atoms with Gasteiger partial charge in [-0.3, -0.25) is 5.32 Å². The number of hydrogen-bond acceptors (Lipinski definition) is 5. The van der Waals surface area contributed by atoms with Gasteiger partial charge in [0.05, 0.1) is 11.8 Å². The molecular formula is C12H19N3OS. The molecule has 0 radical (unpaired) electrons. The van der Waals surface area contributed by atoms with E-state index < -0.39 is 5.54 Å². The van der Waals surface area contributed by atoms with E-state index in [2.05, 4.69) is 16.4 Å². The Morgan fingerprint density at radius 2 is 2.41 bits per heavy atom. The second-order valence-corrected chi connectivity index (χ2v) is 5.23. The monoisotopic (exact) mass is 253 g/mol. The molecule has 0 fully saturated rings. The van der Waals surface area contributed by atoms with Crippen LogP contribution in [-0.2, 0) is 0 Å². The number of nitriles is 1. The van der Waals surface area contributed by atoms with E-state index in [1.165, 1.54) is 0 Å². The lowest BCUT2D eigenvalue weighted by Gasteiger charge is -2.21. The summed E-state index contributed by atoms with van der Waals surface area (Å²) in [5, 5.41) is 13.0. The third-order valence-corrected chi connectivity index (χ3v) is 3.39. The highest BCUT2D eigenvalue weighted by Crippen LogP contribution is 2.20. The summed E-state index contributed by atoms with van der Waals surface area (Å²) in [7, 11) is 0. The molecule has 0 amide bonds. The molecule has 17 heavy (non-hydrogen) atoms. The maximum absolute atomic E-state index is 9.09. The topological polar surface area (TPSA) is 61.9 Å². The molecule has 1 N–H and O–H groups in total. The molecule has 1 unspecified atom stereocenters. The first-order valence-electron chi connectivity index (χ1n) is 5.81. The van der Waals surface area contributed by atoms with Crippen LogP contribution < -0.4 is 5.32 Å². The van der Waals surface area contributed by atoms with Crippen molar-refractivity contribution in [2.75, 3.05) is 12.3 Å². The van der Waals surface area contributed by atoms with Gasteiger partial charge in [-0.05, 0) is 33.2 Å². The van der Waals surface area contributed by atoms with Gasteiger partial charge in [0.25, 0.3) is 5.22 Å². The minimum absolute atomic E-state index is 0.415. The minimum Gasteiger partial charge on any atom is -0.440 e. The van der Waals surface area contributed by atoms with Crippen molar-refractivity contribution in [3.63, 3.8) is 0 Å². The summed E-state index contributed by atoms with van der Waals surface area (Å²) < 4.78 is 5.24. The summed E-state index contributed by atoms with van der Waals surface area (Å²) in [5.41, 5.74) is 0.490. The maximum Gasteiger partial charge on any atom is 0.255 e. The molecule has 0 aromatic carbocycles. The van der Waals surface area contributed by atoms with Crippen LogP contribution in [0.25, 0.3) is 0 Å². The number of rotatable bonds is 7. The third kappa shape index (κ3) is 4.80. The molecule has 1 aromatic rings. The van der Waals surface area contributed by atoms with E-state index in [1.54, 1.807) is 18.0 Å². The van der Waals surface area contributed by atoms with Gasteiger partial charge in [0.1, 0.15) is 11.8 Å². The van der Waals surface area contributed by atoms with E-state index in [1.807, 2.05) is 20.8 Å². The number of aromatic nitrogens is 1. The number of thioether (sulfide) groups is 1. The highest BCUT2D eigenvalue weighted by molar-refractivity contribution is 7.99. The normalized spacial score (nSPS) is 14.2. The first kappa shape index (κ1) is 14.1. The molecule has 5 heteroatoms. The summed E-state index contributed by atoms with van der Waals surface area (Å²) in [5.74, 6) is 0.919. The smallest absolute Gasteiger partial charge is 0.255 e. The van der Waals surface area contributed by atoms with Crippen LogP contribution >= 0.6 is 11.8 Å². The Morgan fingerprint density at radius 1 is 1.65 bits per heavy atom. The highest BCUT2D eigenvalue weighted by Gasteiger charge is 2.21. The molecule has 0 saturated heterocycles. The average Bonchev–Trinajstić information content (AvgIpc) is 2.71. The first-order chi connectivity index (χ1) is 8.09. The quantitative estimate of drug-likeness (QED) is 0.598. The molecule has 0 aliphatic rings. The lowest BCUT2D eigenvalue weighted by atomic mass is 9.98. The van der Waals surface area contributed by atoms with E-state index in [4.69, 9.17) is 9.68 Å². The summed E-state index contributed by atoms with van der Waals surface area (Å²) in [6, 6.07) is 2.32. The van der Waals surface area contributed by atoms with E-state index in [0.717, 1.165) is 30.8 Å². The first-order valence-corrected chi connectivity index (χ1v) is 6.79. The summed E-state index contributed by atoms with van der Waals surface area (Å²) >= 11 is 1.60. The van der Waals surface area contributed by atoms with Gasteiger partial charge < -0.3 is 4.42 Å². The Bertz CT molecular complexity index is 385.